The number of carbonyl (C=O) groups excluding carboxylic acids is 1. The molecule has 1 heterocycles. The first-order chi connectivity index (χ1) is 8.81. The number of para-hydroxylation sites is 1. The Kier molecular flexibility index (Phi) is 2.74. The molecule has 3 nitrogen and oxygen atoms in total. The van der Waals surface area contributed by atoms with E-state index in [4.69, 9.17) is 0 Å². The summed E-state index contributed by atoms with van der Waals surface area (Å²) in [4.78, 5) is 11.8. The summed E-state index contributed by atoms with van der Waals surface area (Å²) in [5.41, 5.74) is 4.26. The fourth-order valence-electron chi connectivity index (χ4n) is 2.62. The van der Waals surface area contributed by atoms with Crippen LogP contribution in [0, 0.1) is 0 Å². The third kappa shape index (κ3) is 1.67. The zero-order valence-electron chi connectivity index (χ0n) is 10.5. The zero-order valence-corrected chi connectivity index (χ0v) is 10.5. The molecule has 0 aliphatic heterocycles. The molecule has 1 aliphatic carbocycles. The van der Waals surface area contributed by atoms with Crippen molar-refractivity contribution >= 4 is 5.78 Å². The number of aromatic nitrogens is 2. The first-order valence-corrected chi connectivity index (χ1v) is 6.49. The first-order valence-electron chi connectivity index (χ1n) is 6.49. The Morgan fingerprint density at radius 1 is 1.28 bits per heavy atom. The van der Waals surface area contributed by atoms with Crippen molar-refractivity contribution < 1.29 is 4.79 Å². The van der Waals surface area contributed by atoms with E-state index in [1.807, 2.05) is 16.8 Å². The molecule has 0 bridgehead atoms. The normalized spacial score (nSPS) is 14.6. The quantitative estimate of drug-likeness (QED) is 0.809. The fourth-order valence-corrected chi connectivity index (χ4v) is 2.62. The number of aryl methyl sites for hydroxylation is 1. The SMILES string of the molecule is CCc1ccccc1-n1ncc2c1CCCC2=O. The van der Waals surface area contributed by atoms with Gasteiger partial charge < -0.3 is 0 Å². The second kappa shape index (κ2) is 4.41. The van der Waals surface area contributed by atoms with Crippen molar-refractivity contribution in [1.29, 1.82) is 0 Å². The maximum absolute atomic E-state index is 11.8. The van der Waals surface area contributed by atoms with Gasteiger partial charge in [0.2, 0.25) is 0 Å². The lowest BCUT2D eigenvalue weighted by Gasteiger charge is -2.15. The average Bonchev–Trinajstić information content (AvgIpc) is 2.84. The van der Waals surface area contributed by atoms with Crippen LogP contribution in [0.15, 0.2) is 30.5 Å². The molecule has 0 spiro atoms. The first kappa shape index (κ1) is 11.2. The lowest BCUT2D eigenvalue weighted by atomic mass is 9.96. The van der Waals surface area contributed by atoms with E-state index in [9.17, 15) is 4.79 Å². The Bertz CT molecular complexity index is 598. The van der Waals surface area contributed by atoms with E-state index in [-0.39, 0.29) is 5.78 Å². The largest absolute Gasteiger partial charge is 0.294 e. The lowest BCUT2D eigenvalue weighted by molar-refractivity contribution is 0.0972. The molecule has 1 aromatic carbocycles. The molecule has 0 N–H and O–H groups in total. The second-order valence-electron chi connectivity index (χ2n) is 4.68. The fraction of sp³-hybridized carbons (Fsp3) is 0.333. The number of Topliss-reactive ketones (excluding diaryl/α,β-unsaturated/α-hetero) is 1. The van der Waals surface area contributed by atoms with Gasteiger partial charge in [0.15, 0.2) is 5.78 Å². The Hall–Kier alpha value is -1.90. The third-order valence-corrected chi connectivity index (χ3v) is 3.59. The molecule has 3 heteroatoms. The predicted octanol–water partition coefficient (Wildman–Crippen LogP) is 2.95. The summed E-state index contributed by atoms with van der Waals surface area (Å²) in [6.45, 7) is 2.14. The van der Waals surface area contributed by atoms with E-state index in [1.165, 1.54) is 5.56 Å². The Morgan fingerprint density at radius 2 is 2.11 bits per heavy atom. The van der Waals surface area contributed by atoms with Crippen molar-refractivity contribution in [3.05, 3.63) is 47.3 Å². The minimum absolute atomic E-state index is 0.233. The van der Waals surface area contributed by atoms with Crippen LogP contribution in [-0.2, 0) is 12.8 Å². The van der Waals surface area contributed by atoms with Gasteiger partial charge in [-0.1, -0.05) is 25.1 Å². The van der Waals surface area contributed by atoms with Gasteiger partial charge in [0, 0.05) is 6.42 Å². The van der Waals surface area contributed by atoms with Gasteiger partial charge in [-0.05, 0) is 30.9 Å². The summed E-state index contributed by atoms with van der Waals surface area (Å²) in [7, 11) is 0. The number of rotatable bonds is 2. The number of hydrogen-bond donors (Lipinski definition) is 0. The van der Waals surface area contributed by atoms with E-state index in [0.29, 0.717) is 6.42 Å². The molecule has 92 valence electrons. The van der Waals surface area contributed by atoms with Crippen molar-refractivity contribution in [3.8, 4) is 5.69 Å². The van der Waals surface area contributed by atoms with Gasteiger partial charge in [0.05, 0.1) is 23.1 Å². The van der Waals surface area contributed by atoms with Gasteiger partial charge in [-0.15, -0.1) is 0 Å². The van der Waals surface area contributed by atoms with Crippen molar-refractivity contribution in [3.63, 3.8) is 0 Å². The highest BCUT2D eigenvalue weighted by Gasteiger charge is 2.22. The Labute approximate surface area is 106 Å². The van der Waals surface area contributed by atoms with Gasteiger partial charge in [0.25, 0.3) is 0 Å². The molecule has 1 aliphatic rings. The molecule has 0 amide bonds. The molecule has 0 radical (unpaired) electrons. The number of carbonyl (C=O) groups is 1. The van der Waals surface area contributed by atoms with E-state index < -0.39 is 0 Å². The summed E-state index contributed by atoms with van der Waals surface area (Å²) < 4.78 is 1.95. The maximum atomic E-state index is 11.8. The van der Waals surface area contributed by atoms with Crippen LogP contribution in [0.25, 0.3) is 5.69 Å². The third-order valence-electron chi connectivity index (χ3n) is 3.59. The van der Waals surface area contributed by atoms with Gasteiger partial charge in [0.1, 0.15) is 0 Å². The van der Waals surface area contributed by atoms with Gasteiger partial charge in [-0.2, -0.15) is 5.10 Å². The Morgan fingerprint density at radius 3 is 2.94 bits per heavy atom. The van der Waals surface area contributed by atoms with Crippen LogP contribution in [0.1, 0.15) is 41.4 Å². The van der Waals surface area contributed by atoms with Gasteiger partial charge >= 0.3 is 0 Å². The minimum atomic E-state index is 0.233. The molecule has 18 heavy (non-hydrogen) atoms. The summed E-state index contributed by atoms with van der Waals surface area (Å²) in [5, 5.41) is 4.42. The zero-order chi connectivity index (χ0) is 12.5. The Balaban J connectivity index is 2.15. The number of fused-ring (bicyclic) bond motifs is 1. The molecule has 3 rings (SSSR count). The predicted molar refractivity (Wildman–Crippen MR) is 70.2 cm³/mol. The maximum Gasteiger partial charge on any atom is 0.166 e. The monoisotopic (exact) mass is 240 g/mol. The topological polar surface area (TPSA) is 34.9 Å². The molecule has 0 fully saturated rings. The summed E-state index contributed by atoms with van der Waals surface area (Å²) in [5.74, 6) is 0.233. The van der Waals surface area contributed by atoms with Crippen molar-refractivity contribution in [1.82, 2.24) is 9.78 Å². The molecule has 0 saturated heterocycles. The van der Waals surface area contributed by atoms with E-state index in [2.05, 4.69) is 24.2 Å². The molecular weight excluding hydrogens is 224 g/mol. The second-order valence-corrected chi connectivity index (χ2v) is 4.68. The van der Waals surface area contributed by atoms with Crippen LogP contribution >= 0.6 is 0 Å². The highest BCUT2D eigenvalue weighted by molar-refractivity contribution is 5.98. The lowest BCUT2D eigenvalue weighted by Crippen LogP contribution is -2.13. The van der Waals surface area contributed by atoms with Crippen LogP contribution in [0.5, 0.6) is 0 Å². The van der Waals surface area contributed by atoms with Crippen molar-refractivity contribution in [2.75, 3.05) is 0 Å². The van der Waals surface area contributed by atoms with E-state index in [0.717, 1.165) is 36.2 Å². The summed E-state index contributed by atoms with van der Waals surface area (Å²) in [6.07, 6.45) is 5.24. The van der Waals surface area contributed by atoms with Gasteiger partial charge in [-0.25, -0.2) is 4.68 Å². The molecule has 0 atom stereocenters. The molecule has 1 aromatic heterocycles. The van der Waals surface area contributed by atoms with Crippen LogP contribution in [0.4, 0.5) is 0 Å². The molecular formula is C15H16N2O. The highest BCUT2D eigenvalue weighted by Crippen LogP contribution is 2.25. The summed E-state index contributed by atoms with van der Waals surface area (Å²) >= 11 is 0. The highest BCUT2D eigenvalue weighted by atomic mass is 16.1. The van der Waals surface area contributed by atoms with Crippen LogP contribution < -0.4 is 0 Å². The van der Waals surface area contributed by atoms with Crippen LogP contribution in [0.2, 0.25) is 0 Å². The standard InChI is InChI=1S/C15H16N2O/c1-2-11-6-3-4-7-13(11)17-14-8-5-9-15(18)12(14)10-16-17/h3-4,6-7,10H,2,5,8-9H2,1H3. The van der Waals surface area contributed by atoms with E-state index in [1.54, 1.807) is 6.20 Å². The average molecular weight is 240 g/mol. The number of nitrogens with zero attached hydrogens (tertiary/aromatic N) is 2. The smallest absolute Gasteiger partial charge is 0.166 e. The van der Waals surface area contributed by atoms with Crippen molar-refractivity contribution in [2.24, 2.45) is 0 Å². The van der Waals surface area contributed by atoms with Crippen LogP contribution in [0.3, 0.4) is 0 Å². The number of ketones is 1. The minimum Gasteiger partial charge on any atom is -0.294 e. The van der Waals surface area contributed by atoms with Crippen molar-refractivity contribution in [2.45, 2.75) is 32.6 Å². The molecule has 2 aromatic rings. The molecule has 0 saturated carbocycles. The number of hydrogen-bond acceptors (Lipinski definition) is 2. The molecule has 0 unspecified atom stereocenters. The summed E-state index contributed by atoms with van der Waals surface area (Å²) in [6, 6.07) is 8.26. The van der Waals surface area contributed by atoms with Gasteiger partial charge in [-0.3, -0.25) is 4.79 Å². The van der Waals surface area contributed by atoms with E-state index >= 15 is 0 Å². The van der Waals surface area contributed by atoms with Crippen LogP contribution in [-0.4, -0.2) is 15.6 Å². The number of benzene rings is 1.